The highest BCUT2D eigenvalue weighted by molar-refractivity contribution is 6.31. The fourth-order valence-corrected chi connectivity index (χ4v) is 5.58. The van der Waals surface area contributed by atoms with Crippen LogP contribution in [0.5, 0.6) is 0 Å². The van der Waals surface area contributed by atoms with Gasteiger partial charge in [-0.2, -0.15) is 0 Å². The van der Waals surface area contributed by atoms with E-state index in [1.807, 2.05) is 70.2 Å². The van der Waals surface area contributed by atoms with Gasteiger partial charge in [0.15, 0.2) is 0 Å². The fraction of sp³-hybridized carbons (Fsp3) is 0.324. The summed E-state index contributed by atoms with van der Waals surface area (Å²) in [6, 6.07) is 18.4. The van der Waals surface area contributed by atoms with Crippen LogP contribution in [-0.4, -0.2) is 48.3 Å². The van der Waals surface area contributed by atoms with E-state index < -0.39 is 0 Å². The molecule has 0 saturated carbocycles. The van der Waals surface area contributed by atoms with Crippen molar-refractivity contribution in [1.29, 1.82) is 0 Å². The molecule has 1 aliphatic rings. The van der Waals surface area contributed by atoms with Crippen LogP contribution in [-0.2, 0) is 22.6 Å². The number of rotatable bonds is 11. The summed E-state index contributed by atoms with van der Waals surface area (Å²) in [5, 5.41) is 3.61. The lowest BCUT2D eigenvalue weighted by Crippen LogP contribution is -2.46. The van der Waals surface area contributed by atoms with Crippen molar-refractivity contribution in [3.63, 3.8) is 0 Å². The normalized spacial score (nSPS) is 14.5. The third kappa shape index (κ3) is 9.25. The molecule has 1 amide bonds. The molecule has 0 bridgehead atoms. The van der Waals surface area contributed by atoms with Crippen molar-refractivity contribution >= 4 is 35.1 Å². The van der Waals surface area contributed by atoms with Gasteiger partial charge in [-0.3, -0.25) is 19.5 Å². The van der Waals surface area contributed by atoms with Crippen molar-refractivity contribution in [3.05, 3.63) is 124 Å². The highest BCUT2D eigenvalue weighted by atomic mass is 35.5. The largest absolute Gasteiger partial charge is 0.369 e. The van der Waals surface area contributed by atoms with Crippen LogP contribution in [0, 0.1) is 0 Å². The first-order valence-electron chi connectivity index (χ1n) is 15.5. The minimum absolute atomic E-state index is 0.0643. The minimum atomic E-state index is -0.256. The van der Waals surface area contributed by atoms with Gasteiger partial charge in [0.05, 0.1) is 6.42 Å². The maximum Gasteiger partial charge on any atom is 0.228 e. The quantitative estimate of drug-likeness (QED) is 0.137. The van der Waals surface area contributed by atoms with Gasteiger partial charge in [-0.1, -0.05) is 68.8 Å². The van der Waals surface area contributed by atoms with Crippen molar-refractivity contribution in [2.24, 2.45) is 0 Å². The predicted octanol–water partition coefficient (Wildman–Crippen LogP) is 7.63. The van der Waals surface area contributed by atoms with Crippen LogP contribution in [0.3, 0.4) is 0 Å². The Hall–Kier alpha value is -4.00. The lowest BCUT2D eigenvalue weighted by atomic mass is 9.87. The number of para-hydroxylation sites is 1. The zero-order chi connectivity index (χ0) is 31.9. The smallest absolute Gasteiger partial charge is 0.228 e. The SMILES string of the molecule is C/C=C\C(=C/C)NC(=O)C/C(C=O)=C(\c1cccnc1)c1cc(CN2CCN(c3ccccc3)CC2)c(Cl)cc1CC.CC. The van der Waals surface area contributed by atoms with Crippen LogP contribution < -0.4 is 10.2 Å². The third-order valence-electron chi connectivity index (χ3n) is 7.52. The molecule has 0 unspecified atom stereocenters. The number of anilines is 1. The summed E-state index contributed by atoms with van der Waals surface area (Å²) in [6.45, 7) is 14.2. The Balaban J connectivity index is 0.00000259. The number of hydrogen-bond donors (Lipinski definition) is 1. The van der Waals surface area contributed by atoms with Gasteiger partial charge >= 0.3 is 0 Å². The van der Waals surface area contributed by atoms with Crippen molar-refractivity contribution in [1.82, 2.24) is 15.2 Å². The first-order valence-corrected chi connectivity index (χ1v) is 15.9. The van der Waals surface area contributed by atoms with Gasteiger partial charge in [-0.25, -0.2) is 0 Å². The van der Waals surface area contributed by atoms with Crippen molar-refractivity contribution < 1.29 is 9.59 Å². The van der Waals surface area contributed by atoms with E-state index in [0.29, 0.717) is 28.4 Å². The lowest BCUT2D eigenvalue weighted by molar-refractivity contribution is -0.120. The molecule has 0 atom stereocenters. The second kappa shape index (κ2) is 18.0. The number of amides is 1. The number of nitrogens with one attached hydrogen (secondary N) is 1. The van der Waals surface area contributed by atoms with Gasteiger partial charge in [0.1, 0.15) is 6.29 Å². The van der Waals surface area contributed by atoms with Crippen LogP contribution in [0.15, 0.2) is 96.5 Å². The molecule has 6 nitrogen and oxygen atoms in total. The summed E-state index contributed by atoms with van der Waals surface area (Å²) in [6.07, 6.45) is 10.4. The topological polar surface area (TPSA) is 65.5 Å². The highest BCUT2D eigenvalue weighted by Gasteiger charge is 2.22. The summed E-state index contributed by atoms with van der Waals surface area (Å²) in [5.74, 6) is -0.256. The van der Waals surface area contributed by atoms with E-state index >= 15 is 0 Å². The molecule has 232 valence electrons. The lowest BCUT2D eigenvalue weighted by Gasteiger charge is -2.36. The zero-order valence-corrected chi connectivity index (χ0v) is 27.4. The Kier molecular flexibility index (Phi) is 14.1. The number of piperazine rings is 1. The van der Waals surface area contributed by atoms with Gasteiger partial charge in [0.25, 0.3) is 0 Å². The van der Waals surface area contributed by atoms with Crippen molar-refractivity contribution in [2.45, 2.75) is 54.0 Å². The summed E-state index contributed by atoms with van der Waals surface area (Å²) in [4.78, 5) is 34.8. The van der Waals surface area contributed by atoms with Crippen LogP contribution in [0.1, 0.15) is 63.3 Å². The van der Waals surface area contributed by atoms with E-state index in [1.54, 1.807) is 12.4 Å². The molecule has 1 aliphatic heterocycles. The van der Waals surface area contributed by atoms with E-state index in [0.717, 1.165) is 61.1 Å². The van der Waals surface area contributed by atoms with E-state index in [2.05, 4.69) is 57.4 Å². The number of halogens is 1. The minimum Gasteiger partial charge on any atom is -0.369 e. The third-order valence-corrected chi connectivity index (χ3v) is 7.87. The molecule has 2 heterocycles. The molecule has 1 aromatic heterocycles. The standard InChI is InChI=1S/C35H39ClN4O2.C2H6/c1-4-11-30(6-3)38-34(42)22-29(25-41)35(27-12-10-15-37-23-27)32-20-28(33(36)21-26(32)5-2)24-39-16-18-40(19-17-39)31-13-8-7-9-14-31;1-2/h4,6-15,20-21,23,25H,5,16-19,22,24H2,1-3H3,(H,38,42);1-2H3/b11-4-,30-6+,35-29-;. The summed E-state index contributed by atoms with van der Waals surface area (Å²) in [7, 11) is 0. The molecule has 44 heavy (non-hydrogen) atoms. The number of aromatic nitrogens is 1. The number of hydrogen-bond acceptors (Lipinski definition) is 5. The Morgan fingerprint density at radius 3 is 2.32 bits per heavy atom. The molecule has 1 saturated heterocycles. The first kappa shape index (κ1) is 34.5. The number of nitrogens with zero attached hydrogens (tertiary/aromatic N) is 3. The summed E-state index contributed by atoms with van der Waals surface area (Å²) < 4.78 is 0. The molecular weight excluding hydrogens is 568 g/mol. The molecule has 0 radical (unpaired) electrons. The van der Waals surface area contributed by atoms with E-state index in [-0.39, 0.29) is 12.3 Å². The Bertz CT molecular complexity index is 1460. The zero-order valence-electron chi connectivity index (χ0n) is 26.6. The number of carbonyl (C=O) groups is 2. The van der Waals surface area contributed by atoms with Crippen LogP contribution in [0.2, 0.25) is 5.02 Å². The van der Waals surface area contributed by atoms with Crippen molar-refractivity contribution in [3.8, 4) is 0 Å². The average Bonchev–Trinajstić information content (AvgIpc) is 3.07. The number of aldehydes is 1. The number of aryl methyl sites for hydroxylation is 1. The molecule has 3 aromatic rings. The molecule has 1 N–H and O–H groups in total. The van der Waals surface area contributed by atoms with Crippen molar-refractivity contribution in [2.75, 3.05) is 31.1 Å². The maximum atomic E-state index is 13.1. The van der Waals surface area contributed by atoms with Crippen LogP contribution in [0.25, 0.3) is 5.57 Å². The van der Waals surface area contributed by atoms with Crippen LogP contribution >= 0.6 is 11.6 Å². The molecule has 7 heteroatoms. The van der Waals surface area contributed by atoms with Gasteiger partial charge in [0, 0.05) is 72.7 Å². The van der Waals surface area contributed by atoms with Gasteiger partial charge in [-0.15, -0.1) is 0 Å². The average molecular weight is 613 g/mol. The first-order chi connectivity index (χ1) is 21.5. The Morgan fingerprint density at radius 2 is 1.73 bits per heavy atom. The number of benzene rings is 2. The predicted molar refractivity (Wildman–Crippen MR) is 184 cm³/mol. The fourth-order valence-electron chi connectivity index (χ4n) is 5.33. The van der Waals surface area contributed by atoms with E-state index in [4.69, 9.17) is 11.6 Å². The molecule has 0 spiro atoms. The van der Waals surface area contributed by atoms with E-state index in [9.17, 15) is 9.59 Å². The second-order valence-electron chi connectivity index (χ2n) is 10.3. The second-order valence-corrected chi connectivity index (χ2v) is 10.7. The Morgan fingerprint density at radius 1 is 1.00 bits per heavy atom. The molecule has 2 aromatic carbocycles. The Labute approximate surface area is 268 Å². The number of allylic oxidation sites excluding steroid dienone is 3. The maximum absolute atomic E-state index is 13.1. The molecular formula is C37H45ClN4O2. The highest BCUT2D eigenvalue weighted by Crippen LogP contribution is 2.34. The van der Waals surface area contributed by atoms with E-state index in [1.165, 1.54) is 5.69 Å². The summed E-state index contributed by atoms with van der Waals surface area (Å²) in [5.41, 5.74) is 6.74. The van der Waals surface area contributed by atoms with Gasteiger partial charge < -0.3 is 10.2 Å². The number of pyridine rings is 1. The number of carbonyl (C=O) groups excluding carboxylic acids is 2. The molecule has 0 aliphatic carbocycles. The van der Waals surface area contributed by atoms with Gasteiger partial charge in [-0.05, 0) is 78.9 Å². The monoisotopic (exact) mass is 612 g/mol. The summed E-state index contributed by atoms with van der Waals surface area (Å²) >= 11 is 6.86. The van der Waals surface area contributed by atoms with Gasteiger partial charge in [0.2, 0.25) is 5.91 Å². The van der Waals surface area contributed by atoms with Crippen LogP contribution in [0.4, 0.5) is 5.69 Å². The molecule has 1 fully saturated rings. The molecule has 4 rings (SSSR count).